The summed E-state index contributed by atoms with van der Waals surface area (Å²) in [6.07, 6.45) is 6.64. The lowest BCUT2D eigenvalue weighted by Crippen LogP contribution is -2.42. The van der Waals surface area contributed by atoms with Gasteiger partial charge in [-0.15, -0.1) is 0 Å². The average Bonchev–Trinajstić information content (AvgIpc) is 3.03. The van der Waals surface area contributed by atoms with E-state index in [1.165, 1.54) is 24.6 Å². The molecule has 0 aromatic heterocycles. The molecule has 0 radical (unpaired) electrons. The second-order valence-electron chi connectivity index (χ2n) is 7.51. The van der Waals surface area contributed by atoms with E-state index >= 15 is 0 Å². The van der Waals surface area contributed by atoms with Crippen molar-refractivity contribution in [3.05, 3.63) is 29.8 Å². The molecule has 4 nitrogen and oxygen atoms in total. The summed E-state index contributed by atoms with van der Waals surface area (Å²) in [6.45, 7) is 1.50. The van der Waals surface area contributed by atoms with Gasteiger partial charge < -0.3 is 16.0 Å². The number of nitrogens with one attached hydrogen (secondary N) is 1. The Bertz CT molecular complexity index is 596. The molecule has 1 aliphatic heterocycles. The molecule has 0 spiro atoms. The molecule has 1 heterocycles. The molecule has 3 N–H and O–H groups in total. The lowest BCUT2D eigenvalue weighted by atomic mass is 9.71. The molecule has 2 fully saturated rings. The molecule has 3 rings (SSSR count). The van der Waals surface area contributed by atoms with Crippen LogP contribution in [0.5, 0.6) is 0 Å². The van der Waals surface area contributed by atoms with Crippen LogP contribution in [0.25, 0.3) is 0 Å². The van der Waals surface area contributed by atoms with Gasteiger partial charge in [-0.2, -0.15) is 0 Å². The highest BCUT2D eigenvalue weighted by molar-refractivity contribution is 5.77. The van der Waals surface area contributed by atoms with Crippen LogP contribution in [-0.4, -0.2) is 31.6 Å². The fourth-order valence-corrected chi connectivity index (χ4v) is 4.25. The zero-order chi connectivity index (χ0) is 17.9. The standard InChI is InChI=1S/C19H27F2N3O/c20-15-5-4-6-16(21)18(15)24-10-7-14(12-24)23-17(25)11-19(13-22)8-2-1-3-9-19/h4-6,14H,1-3,7-13,22H2,(H,23,25). The Morgan fingerprint density at radius 2 is 1.92 bits per heavy atom. The quantitative estimate of drug-likeness (QED) is 0.857. The number of nitrogens with two attached hydrogens (primary N) is 1. The van der Waals surface area contributed by atoms with E-state index in [2.05, 4.69) is 5.32 Å². The van der Waals surface area contributed by atoms with Crippen molar-refractivity contribution in [1.29, 1.82) is 0 Å². The molecule has 1 aromatic rings. The van der Waals surface area contributed by atoms with E-state index in [0.29, 0.717) is 32.5 Å². The van der Waals surface area contributed by atoms with Crippen LogP contribution in [0.3, 0.4) is 0 Å². The maximum absolute atomic E-state index is 13.9. The molecule has 1 aliphatic carbocycles. The van der Waals surface area contributed by atoms with Crippen molar-refractivity contribution in [2.45, 2.75) is 51.0 Å². The van der Waals surface area contributed by atoms with E-state index in [-0.39, 0.29) is 23.1 Å². The van der Waals surface area contributed by atoms with Crippen molar-refractivity contribution in [3.8, 4) is 0 Å². The van der Waals surface area contributed by atoms with Crippen LogP contribution < -0.4 is 16.0 Å². The Morgan fingerprint density at radius 1 is 1.24 bits per heavy atom. The molecule has 2 aliphatic rings. The predicted molar refractivity (Wildman–Crippen MR) is 94.3 cm³/mol. The van der Waals surface area contributed by atoms with Gasteiger partial charge in [0, 0.05) is 25.6 Å². The van der Waals surface area contributed by atoms with E-state index in [0.717, 1.165) is 25.7 Å². The highest BCUT2D eigenvalue weighted by Crippen LogP contribution is 2.38. The maximum Gasteiger partial charge on any atom is 0.220 e. The van der Waals surface area contributed by atoms with Crippen molar-refractivity contribution in [3.63, 3.8) is 0 Å². The highest BCUT2D eigenvalue weighted by atomic mass is 19.1. The van der Waals surface area contributed by atoms with Gasteiger partial charge in [-0.3, -0.25) is 4.79 Å². The molecule has 1 unspecified atom stereocenters. The smallest absolute Gasteiger partial charge is 0.220 e. The van der Waals surface area contributed by atoms with Crippen LogP contribution in [0.2, 0.25) is 0 Å². The SMILES string of the molecule is NCC1(CC(=O)NC2CCN(c3c(F)cccc3F)C2)CCCCC1. The third-order valence-electron chi connectivity index (χ3n) is 5.69. The van der Waals surface area contributed by atoms with Gasteiger partial charge >= 0.3 is 0 Å². The van der Waals surface area contributed by atoms with Gasteiger partial charge in [0.15, 0.2) is 0 Å². The van der Waals surface area contributed by atoms with E-state index < -0.39 is 11.6 Å². The zero-order valence-electron chi connectivity index (χ0n) is 14.6. The summed E-state index contributed by atoms with van der Waals surface area (Å²) < 4.78 is 27.8. The first kappa shape index (κ1) is 18.1. The molecule has 1 amide bonds. The Kier molecular flexibility index (Phi) is 5.57. The molecule has 25 heavy (non-hydrogen) atoms. The molecular formula is C19H27F2N3O. The number of halogens is 2. The van der Waals surface area contributed by atoms with Gasteiger partial charge in [-0.25, -0.2) is 8.78 Å². The minimum atomic E-state index is -0.559. The summed E-state index contributed by atoms with van der Waals surface area (Å²) >= 11 is 0. The van der Waals surface area contributed by atoms with Crippen LogP contribution in [0.1, 0.15) is 44.9 Å². The summed E-state index contributed by atoms with van der Waals surface area (Å²) in [7, 11) is 0. The summed E-state index contributed by atoms with van der Waals surface area (Å²) in [4.78, 5) is 14.2. The molecule has 138 valence electrons. The number of hydrogen-bond donors (Lipinski definition) is 2. The third-order valence-corrected chi connectivity index (χ3v) is 5.69. The minimum absolute atomic E-state index is 0.00459. The van der Waals surface area contributed by atoms with E-state index in [9.17, 15) is 13.6 Å². The number of benzene rings is 1. The van der Waals surface area contributed by atoms with E-state index in [1.807, 2.05) is 0 Å². The Labute approximate surface area is 147 Å². The molecule has 1 saturated carbocycles. The van der Waals surface area contributed by atoms with Gasteiger partial charge in [-0.1, -0.05) is 25.3 Å². The number of hydrogen-bond acceptors (Lipinski definition) is 3. The monoisotopic (exact) mass is 351 g/mol. The molecule has 1 aromatic carbocycles. The fraction of sp³-hybridized carbons (Fsp3) is 0.632. The number of nitrogens with zero attached hydrogens (tertiary/aromatic N) is 1. The normalized spacial score (nSPS) is 22.8. The van der Waals surface area contributed by atoms with Gasteiger partial charge in [0.05, 0.1) is 0 Å². The Morgan fingerprint density at radius 3 is 2.56 bits per heavy atom. The molecule has 1 atom stereocenters. The van der Waals surface area contributed by atoms with Crippen molar-refractivity contribution < 1.29 is 13.6 Å². The minimum Gasteiger partial charge on any atom is -0.365 e. The van der Waals surface area contributed by atoms with Gasteiger partial charge in [-0.05, 0) is 43.4 Å². The molecule has 0 bridgehead atoms. The van der Waals surface area contributed by atoms with Crippen molar-refractivity contribution >= 4 is 11.6 Å². The van der Waals surface area contributed by atoms with Crippen LogP contribution in [0, 0.1) is 17.0 Å². The van der Waals surface area contributed by atoms with Crippen LogP contribution in [0.4, 0.5) is 14.5 Å². The van der Waals surface area contributed by atoms with Crippen molar-refractivity contribution in [2.75, 3.05) is 24.5 Å². The summed E-state index contributed by atoms with van der Waals surface area (Å²) in [5, 5.41) is 3.04. The maximum atomic E-state index is 13.9. The summed E-state index contributed by atoms with van der Waals surface area (Å²) in [6, 6.07) is 3.81. The number of rotatable bonds is 5. The largest absolute Gasteiger partial charge is 0.365 e. The molecule has 6 heteroatoms. The summed E-state index contributed by atoms with van der Waals surface area (Å²) in [5.41, 5.74) is 5.89. The number of amides is 1. The number of anilines is 1. The number of carbonyl (C=O) groups excluding carboxylic acids is 1. The van der Waals surface area contributed by atoms with Crippen LogP contribution >= 0.6 is 0 Å². The third kappa shape index (κ3) is 4.11. The fourth-order valence-electron chi connectivity index (χ4n) is 4.25. The van der Waals surface area contributed by atoms with Gasteiger partial charge in [0.25, 0.3) is 0 Å². The Hall–Kier alpha value is -1.69. The number of para-hydroxylation sites is 1. The first-order valence-corrected chi connectivity index (χ1v) is 9.21. The highest BCUT2D eigenvalue weighted by Gasteiger charge is 2.34. The lowest BCUT2D eigenvalue weighted by Gasteiger charge is -2.36. The number of carbonyl (C=O) groups is 1. The predicted octanol–water partition coefficient (Wildman–Crippen LogP) is 2.96. The van der Waals surface area contributed by atoms with Gasteiger partial charge in [0.2, 0.25) is 5.91 Å². The molecular weight excluding hydrogens is 324 g/mol. The summed E-state index contributed by atoms with van der Waals surface area (Å²) in [5.74, 6) is -1.11. The van der Waals surface area contributed by atoms with Crippen LogP contribution in [-0.2, 0) is 4.79 Å². The second kappa shape index (κ2) is 7.68. The Balaban J connectivity index is 1.57. The topological polar surface area (TPSA) is 58.4 Å². The van der Waals surface area contributed by atoms with E-state index in [1.54, 1.807) is 4.90 Å². The van der Waals surface area contributed by atoms with Gasteiger partial charge in [0.1, 0.15) is 17.3 Å². The van der Waals surface area contributed by atoms with Crippen molar-refractivity contribution in [1.82, 2.24) is 5.32 Å². The second-order valence-corrected chi connectivity index (χ2v) is 7.51. The lowest BCUT2D eigenvalue weighted by molar-refractivity contribution is -0.124. The van der Waals surface area contributed by atoms with Crippen LogP contribution in [0.15, 0.2) is 18.2 Å². The van der Waals surface area contributed by atoms with Crippen molar-refractivity contribution in [2.24, 2.45) is 11.1 Å². The average molecular weight is 351 g/mol. The first-order chi connectivity index (χ1) is 12.0. The zero-order valence-corrected chi connectivity index (χ0v) is 14.6. The first-order valence-electron chi connectivity index (χ1n) is 9.21. The molecule has 1 saturated heterocycles. The van der Waals surface area contributed by atoms with E-state index in [4.69, 9.17) is 5.73 Å².